The maximum atomic E-state index is 13.0. The molecule has 1 unspecified atom stereocenters. The summed E-state index contributed by atoms with van der Waals surface area (Å²) in [6.45, 7) is 1.80. The van der Waals surface area contributed by atoms with Gasteiger partial charge < -0.3 is 10.4 Å². The quantitative estimate of drug-likeness (QED) is 0.762. The molecule has 108 valence electrons. The van der Waals surface area contributed by atoms with Crippen LogP contribution < -0.4 is 5.32 Å². The first-order valence-electron chi connectivity index (χ1n) is 6.48. The highest BCUT2D eigenvalue weighted by Crippen LogP contribution is 2.15. The molecule has 1 heterocycles. The third-order valence-corrected chi connectivity index (χ3v) is 2.97. The fourth-order valence-electron chi connectivity index (χ4n) is 1.88. The third kappa shape index (κ3) is 4.11. The van der Waals surface area contributed by atoms with Crippen LogP contribution in [-0.4, -0.2) is 28.0 Å². The van der Waals surface area contributed by atoms with Crippen molar-refractivity contribution in [3.05, 3.63) is 53.9 Å². The van der Waals surface area contributed by atoms with Crippen LogP contribution in [0.2, 0.25) is 0 Å². The normalized spacial score (nSPS) is 12.6. The summed E-state index contributed by atoms with van der Waals surface area (Å²) in [5.74, 6) is -1.85. The van der Waals surface area contributed by atoms with Crippen LogP contribution in [0.3, 0.4) is 0 Å². The fraction of sp³-hybridized carbons (Fsp3) is 0.357. The number of rotatable bonds is 7. The van der Waals surface area contributed by atoms with Gasteiger partial charge in [-0.3, -0.25) is 4.68 Å². The maximum Gasteiger partial charge on any atom is 0.159 e. The molecule has 1 atom stereocenters. The largest absolute Gasteiger partial charge is 0.387 e. The predicted molar refractivity (Wildman–Crippen MR) is 71.0 cm³/mol. The molecule has 2 rings (SSSR count). The van der Waals surface area contributed by atoms with Gasteiger partial charge in [0.1, 0.15) is 0 Å². The van der Waals surface area contributed by atoms with Crippen molar-refractivity contribution in [1.82, 2.24) is 15.1 Å². The van der Waals surface area contributed by atoms with Crippen molar-refractivity contribution in [3.63, 3.8) is 0 Å². The van der Waals surface area contributed by atoms with Crippen molar-refractivity contribution in [3.8, 4) is 0 Å². The van der Waals surface area contributed by atoms with Crippen LogP contribution in [0.4, 0.5) is 8.78 Å². The van der Waals surface area contributed by atoms with E-state index < -0.39 is 17.7 Å². The minimum atomic E-state index is -0.944. The molecular weight excluding hydrogens is 264 g/mol. The first-order valence-corrected chi connectivity index (χ1v) is 6.48. The Balaban J connectivity index is 1.69. The van der Waals surface area contributed by atoms with Crippen molar-refractivity contribution in [2.24, 2.45) is 0 Å². The van der Waals surface area contributed by atoms with Crippen LogP contribution in [0.5, 0.6) is 0 Å². The number of aryl methyl sites for hydroxylation is 1. The topological polar surface area (TPSA) is 50.1 Å². The van der Waals surface area contributed by atoms with Gasteiger partial charge in [0.25, 0.3) is 0 Å². The molecule has 0 fully saturated rings. The van der Waals surface area contributed by atoms with E-state index in [4.69, 9.17) is 0 Å². The Hall–Kier alpha value is -1.79. The molecule has 0 bridgehead atoms. The van der Waals surface area contributed by atoms with Gasteiger partial charge in [-0.1, -0.05) is 6.07 Å². The van der Waals surface area contributed by atoms with Gasteiger partial charge in [0.05, 0.1) is 6.10 Å². The SMILES string of the molecule is OC(CNCCCn1cccn1)c1ccc(F)c(F)c1. The minimum Gasteiger partial charge on any atom is -0.387 e. The number of nitrogens with zero attached hydrogens (tertiary/aromatic N) is 2. The number of halogens is 2. The molecule has 1 aromatic heterocycles. The molecule has 4 nitrogen and oxygen atoms in total. The van der Waals surface area contributed by atoms with Crippen molar-refractivity contribution in [2.45, 2.75) is 19.1 Å². The summed E-state index contributed by atoms with van der Waals surface area (Å²) >= 11 is 0. The Labute approximate surface area is 116 Å². The minimum absolute atomic E-state index is 0.296. The van der Waals surface area contributed by atoms with Crippen LogP contribution >= 0.6 is 0 Å². The Morgan fingerprint density at radius 1 is 1.30 bits per heavy atom. The van der Waals surface area contributed by atoms with E-state index in [1.807, 2.05) is 16.9 Å². The zero-order chi connectivity index (χ0) is 14.4. The number of aromatic nitrogens is 2. The van der Waals surface area contributed by atoms with Gasteiger partial charge in [0, 0.05) is 25.5 Å². The molecule has 0 radical (unpaired) electrons. The van der Waals surface area contributed by atoms with Crippen LogP contribution in [0.1, 0.15) is 18.1 Å². The molecule has 1 aromatic carbocycles. The summed E-state index contributed by atoms with van der Waals surface area (Å²) in [6.07, 6.45) is 3.62. The Morgan fingerprint density at radius 3 is 2.85 bits per heavy atom. The van der Waals surface area contributed by atoms with Gasteiger partial charge in [0.2, 0.25) is 0 Å². The Kier molecular flexibility index (Phi) is 5.20. The smallest absolute Gasteiger partial charge is 0.159 e. The molecule has 0 aliphatic heterocycles. The van der Waals surface area contributed by atoms with Gasteiger partial charge >= 0.3 is 0 Å². The summed E-state index contributed by atoms with van der Waals surface area (Å²) < 4.78 is 27.6. The molecule has 0 aliphatic carbocycles. The van der Waals surface area contributed by atoms with Gasteiger partial charge in [-0.25, -0.2) is 8.78 Å². The predicted octanol–water partition coefficient (Wildman–Crippen LogP) is 1.87. The van der Waals surface area contributed by atoms with Crippen molar-refractivity contribution in [1.29, 1.82) is 0 Å². The molecule has 0 saturated heterocycles. The third-order valence-electron chi connectivity index (χ3n) is 2.97. The Bertz CT molecular complexity index is 531. The lowest BCUT2D eigenvalue weighted by atomic mass is 10.1. The first-order chi connectivity index (χ1) is 9.66. The number of hydrogen-bond acceptors (Lipinski definition) is 3. The van der Waals surface area contributed by atoms with Gasteiger partial charge in [-0.05, 0) is 36.7 Å². The number of nitrogens with one attached hydrogen (secondary N) is 1. The van der Waals surface area contributed by atoms with E-state index in [9.17, 15) is 13.9 Å². The zero-order valence-electron chi connectivity index (χ0n) is 11.0. The highest BCUT2D eigenvalue weighted by molar-refractivity contribution is 5.20. The van der Waals surface area contributed by atoms with Crippen molar-refractivity contribution in [2.75, 3.05) is 13.1 Å². The Morgan fingerprint density at radius 2 is 2.15 bits per heavy atom. The summed E-state index contributed by atoms with van der Waals surface area (Å²) in [4.78, 5) is 0. The van der Waals surface area contributed by atoms with Crippen LogP contribution in [0.15, 0.2) is 36.7 Å². The highest BCUT2D eigenvalue weighted by atomic mass is 19.2. The van der Waals surface area contributed by atoms with E-state index in [1.54, 1.807) is 6.20 Å². The number of aliphatic hydroxyl groups excluding tert-OH is 1. The average molecular weight is 281 g/mol. The lowest BCUT2D eigenvalue weighted by Gasteiger charge is -2.12. The van der Waals surface area contributed by atoms with E-state index in [2.05, 4.69) is 10.4 Å². The highest BCUT2D eigenvalue weighted by Gasteiger charge is 2.10. The molecule has 20 heavy (non-hydrogen) atoms. The van der Waals surface area contributed by atoms with Crippen molar-refractivity contribution >= 4 is 0 Å². The van der Waals surface area contributed by atoms with Crippen LogP contribution in [0, 0.1) is 11.6 Å². The van der Waals surface area contributed by atoms with Crippen molar-refractivity contribution < 1.29 is 13.9 Å². The van der Waals surface area contributed by atoms with E-state index >= 15 is 0 Å². The fourth-order valence-corrected chi connectivity index (χ4v) is 1.88. The monoisotopic (exact) mass is 281 g/mol. The maximum absolute atomic E-state index is 13.0. The second-order valence-corrected chi connectivity index (χ2v) is 4.52. The molecule has 2 aromatic rings. The molecule has 0 saturated carbocycles. The molecular formula is C14H17F2N3O. The van der Waals surface area contributed by atoms with Crippen LogP contribution in [0.25, 0.3) is 0 Å². The lowest BCUT2D eigenvalue weighted by molar-refractivity contribution is 0.174. The summed E-state index contributed by atoms with van der Waals surface area (Å²) in [6, 6.07) is 5.28. The molecule has 0 amide bonds. The molecule has 2 N–H and O–H groups in total. The van der Waals surface area contributed by atoms with Gasteiger partial charge in [-0.2, -0.15) is 5.10 Å². The number of benzene rings is 1. The second kappa shape index (κ2) is 7.12. The number of aliphatic hydroxyl groups is 1. The van der Waals surface area contributed by atoms with Gasteiger partial charge in [0.15, 0.2) is 11.6 Å². The average Bonchev–Trinajstić information content (AvgIpc) is 2.94. The molecule has 0 aliphatic rings. The summed E-state index contributed by atoms with van der Waals surface area (Å²) in [7, 11) is 0. The molecule has 0 spiro atoms. The first kappa shape index (κ1) is 14.6. The number of hydrogen-bond donors (Lipinski definition) is 2. The second-order valence-electron chi connectivity index (χ2n) is 4.52. The summed E-state index contributed by atoms with van der Waals surface area (Å²) in [5, 5.41) is 17.0. The van der Waals surface area contributed by atoms with E-state index in [0.29, 0.717) is 18.7 Å². The zero-order valence-corrected chi connectivity index (χ0v) is 11.0. The van der Waals surface area contributed by atoms with E-state index in [-0.39, 0.29) is 0 Å². The van der Waals surface area contributed by atoms with E-state index in [1.165, 1.54) is 6.07 Å². The summed E-state index contributed by atoms with van der Waals surface area (Å²) in [5.41, 5.74) is 0.364. The van der Waals surface area contributed by atoms with Gasteiger partial charge in [-0.15, -0.1) is 0 Å². The van der Waals surface area contributed by atoms with Crippen LogP contribution in [-0.2, 0) is 6.54 Å². The molecule has 6 heteroatoms. The van der Waals surface area contributed by atoms with E-state index in [0.717, 1.165) is 25.1 Å². The lowest BCUT2D eigenvalue weighted by Crippen LogP contribution is -2.23. The standard InChI is InChI=1S/C14H17F2N3O/c15-12-4-3-11(9-13(12)16)14(20)10-17-5-1-7-19-8-2-6-18-19/h2-4,6,8-9,14,17,20H,1,5,7,10H2.